The average molecular weight is 403 g/mol. The Hall–Kier alpha value is -1.55. The first kappa shape index (κ1) is 22.7. The van der Waals surface area contributed by atoms with E-state index in [1.165, 1.54) is 5.57 Å². The van der Waals surface area contributed by atoms with E-state index in [0.717, 1.165) is 35.5 Å². The summed E-state index contributed by atoms with van der Waals surface area (Å²) in [7, 11) is -1.98. The third kappa shape index (κ3) is 4.70. The zero-order valence-corrected chi connectivity index (χ0v) is 20.5. The van der Waals surface area contributed by atoms with Crippen molar-refractivity contribution in [3.63, 3.8) is 0 Å². The molecule has 0 fully saturated rings. The van der Waals surface area contributed by atoms with Gasteiger partial charge < -0.3 is 9.16 Å². The second-order valence-corrected chi connectivity index (χ2v) is 15.1. The van der Waals surface area contributed by atoms with Gasteiger partial charge in [0.05, 0.1) is 12.0 Å². The number of ketones is 1. The highest BCUT2D eigenvalue weighted by Gasteiger charge is 2.41. The van der Waals surface area contributed by atoms with Crippen molar-refractivity contribution in [1.29, 1.82) is 0 Å². The lowest BCUT2D eigenvalue weighted by Gasteiger charge is -2.39. The van der Waals surface area contributed by atoms with Crippen molar-refractivity contribution in [3.8, 4) is 11.5 Å². The SMILES string of the molecule is CC(C)=CCCC1(C)CC(=O)c2cc(O[Si](C)(C)C(C)(C)C)c(C)c(C)c2O1. The molecule has 1 unspecified atom stereocenters. The summed E-state index contributed by atoms with van der Waals surface area (Å²) in [5.74, 6) is 1.74. The molecule has 0 N–H and O–H groups in total. The third-order valence-electron chi connectivity index (χ3n) is 6.37. The fourth-order valence-electron chi connectivity index (χ4n) is 3.26. The molecule has 0 amide bonds. The number of ether oxygens (including phenoxy) is 1. The minimum absolute atomic E-state index is 0.104. The van der Waals surface area contributed by atoms with Gasteiger partial charge in [-0.2, -0.15) is 0 Å². The summed E-state index contributed by atoms with van der Waals surface area (Å²) >= 11 is 0. The van der Waals surface area contributed by atoms with E-state index < -0.39 is 13.9 Å². The second kappa shape index (κ2) is 7.70. The molecule has 156 valence electrons. The Labute approximate surface area is 172 Å². The van der Waals surface area contributed by atoms with E-state index in [0.29, 0.717) is 12.0 Å². The monoisotopic (exact) mass is 402 g/mol. The maximum Gasteiger partial charge on any atom is 0.250 e. The van der Waals surface area contributed by atoms with E-state index in [-0.39, 0.29) is 10.8 Å². The van der Waals surface area contributed by atoms with Crippen molar-refractivity contribution in [1.82, 2.24) is 0 Å². The van der Waals surface area contributed by atoms with E-state index in [4.69, 9.17) is 9.16 Å². The standard InChI is InChI=1S/C24H38O3Si/c1-16(2)12-11-13-24(8)15-20(25)19-14-21(17(3)18(4)22(19)26-24)27-28(9,10)23(5,6)7/h12,14H,11,13,15H2,1-10H3. The zero-order chi connectivity index (χ0) is 21.5. The average Bonchev–Trinajstić information content (AvgIpc) is 2.52. The van der Waals surface area contributed by atoms with Crippen LogP contribution in [-0.4, -0.2) is 19.7 Å². The van der Waals surface area contributed by atoms with Crippen LogP contribution in [0.5, 0.6) is 11.5 Å². The van der Waals surface area contributed by atoms with Crippen LogP contribution in [-0.2, 0) is 0 Å². The Kier molecular flexibility index (Phi) is 6.25. The molecule has 1 aromatic rings. The molecule has 0 radical (unpaired) electrons. The quantitative estimate of drug-likeness (QED) is 0.387. The molecule has 0 spiro atoms. The largest absolute Gasteiger partial charge is 0.543 e. The van der Waals surface area contributed by atoms with Crippen LogP contribution in [0.4, 0.5) is 0 Å². The molecule has 1 aliphatic rings. The number of rotatable bonds is 5. The Morgan fingerprint density at radius 3 is 2.39 bits per heavy atom. The zero-order valence-electron chi connectivity index (χ0n) is 19.5. The number of Topliss-reactive ketones (excluding diaryl/α,β-unsaturated/α-hetero) is 1. The van der Waals surface area contributed by atoms with Gasteiger partial charge >= 0.3 is 0 Å². The van der Waals surface area contributed by atoms with Crippen LogP contribution in [0, 0.1) is 13.8 Å². The van der Waals surface area contributed by atoms with E-state index in [2.05, 4.69) is 67.6 Å². The molecule has 1 aliphatic heterocycles. The van der Waals surface area contributed by atoms with Gasteiger partial charge in [0.2, 0.25) is 8.32 Å². The van der Waals surface area contributed by atoms with Crippen molar-refractivity contribution in [3.05, 3.63) is 34.4 Å². The molecule has 2 rings (SSSR count). The fraction of sp³-hybridized carbons (Fsp3) is 0.625. The number of allylic oxidation sites excluding steroid dienone is 2. The van der Waals surface area contributed by atoms with Gasteiger partial charge in [0, 0.05) is 0 Å². The maximum absolute atomic E-state index is 13.0. The molecule has 1 aromatic carbocycles. The lowest BCUT2D eigenvalue weighted by atomic mass is 9.86. The number of benzene rings is 1. The lowest BCUT2D eigenvalue weighted by molar-refractivity contribution is 0.0468. The van der Waals surface area contributed by atoms with Crippen molar-refractivity contribution in [2.75, 3.05) is 0 Å². The smallest absolute Gasteiger partial charge is 0.250 e. The van der Waals surface area contributed by atoms with Gasteiger partial charge in [-0.15, -0.1) is 0 Å². The van der Waals surface area contributed by atoms with Gasteiger partial charge in [-0.25, -0.2) is 0 Å². The van der Waals surface area contributed by atoms with Crippen LogP contribution in [0.3, 0.4) is 0 Å². The highest BCUT2D eigenvalue weighted by atomic mass is 28.4. The predicted octanol–water partition coefficient (Wildman–Crippen LogP) is 7.16. The van der Waals surface area contributed by atoms with Gasteiger partial charge in [-0.3, -0.25) is 4.79 Å². The van der Waals surface area contributed by atoms with Crippen LogP contribution in [0.1, 0.15) is 82.3 Å². The van der Waals surface area contributed by atoms with Crippen LogP contribution in [0.2, 0.25) is 18.1 Å². The van der Waals surface area contributed by atoms with Crippen LogP contribution in [0.25, 0.3) is 0 Å². The number of carbonyl (C=O) groups is 1. The second-order valence-electron chi connectivity index (χ2n) is 10.3. The molecule has 1 atom stereocenters. The molecule has 28 heavy (non-hydrogen) atoms. The molecule has 0 bridgehead atoms. The highest BCUT2D eigenvalue weighted by molar-refractivity contribution is 6.74. The summed E-state index contributed by atoms with van der Waals surface area (Å²) in [5, 5.41) is 0.104. The van der Waals surface area contributed by atoms with Crippen molar-refractivity contribution in [2.24, 2.45) is 0 Å². The minimum atomic E-state index is -1.98. The van der Waals surface area contributed by atoms with E-state index >= 15 is 0 Å². The van der Waals surface area contributed by atoms with Crippen molar-refractivity contribution in [2.45, 2.75) is 98.4 Å². The first-order valence-electron chi connectivity index (χ1n) is 10.4. The van der Waals surface area contributed by atoms with Gasteiger partial charge in [0.1, 0.15) is 17.1 Å². The predicted molar refractivity (Wildman–Crippen MR) is 120 cm³/mol. The molecule has 0 saturated carbocycles. The van der Waals surface area contributed by atoms with Crippen molar-refractivity contribution < 1.29 is 14.0 Å². The summed E-state index contributed by atoms with van der Waals surface area (Å²) in [5.41, 5.74) is 3.62. The minimum Gasteiger partial charge on any atom is -0.543 e. The van der Waals surface area contributed by atoms with E-state index in [1.54, 1.807) is 0 Å². The van der Waals surface area contributed by atoms with Crippen LogP contribution < -0.4 is 9.16 Å². The van der Waals surface area contributed by atoms with Gasteiger partial charge in [0.15, 0.2) is 5.78 Å². The van der Waals surface area contributed by atoms with Crippen LogP contribution >= 0.6 is 0 Å². The topological polar surface area (TPSA) is 35.5 Å². The summed E-state index contributed by atoms with van der Waals surface area (Å²) in [6, 6.07) is 1.93. The summed E-state index contributed by atoms with van der Waals surface area (Å²) < 4.78 is 13.0. The van der Waals surface area contributed by atoms with Gasteiger partial charge in [-0.05, 0) is 82.8 Å². The molecule has 4 heteroatoms. The number of fused-ring (bicyclic) bond motifs is 1. The highest BCUT2D eigenvalue weighted by Crippen LogP contribution is 2.44. The number of carbonyl (C=O) groups excluding carboxylic acids is 1. The lowest BCUT2D eigenvalue weighted by Crippen LogP contribution is -2.44. The van der Waals surface area contributed by atoms with Crippen LogP contribution in [0.15, 0.2) is 17.7 Å². The molecule has 1 heterocycles. The maximum atomic E-state index is 13.0. The summed E-state index contributed by atoms with van der Waals surface area (Å²) in [4.78, 5) is 13.0. The number of hydrogen-bond acceptors (Lipinski definition) is 3. The van der Waals surface area contributed by atoms with Gasteiger partial charge in [0.25, 0.3) is 0 Å². The normalized spacial score (nSPS) is 19.7. The first-order valence-corrected chi connectivity index (χ1v) is 13.3. The number of hydrogen-bond donors (Lipinski definition) is 0. The Morgan fingerprint density at radius 1 is 1.25 bits per heavy atom. The Morgan fingerprint density at radius 2 is 1.86 bits per heavy atom. The Balaban J connectivity index is 2.39. The molecule has 0 aromatic heterocycles. The molecular weight excluding hydrogens is 364 g/mol. The molecule has 0 saturated heterocycles. The van der Waals surface area contributed by atoms with E-state index in [1.807, 2.05) is 13.0 Å². The third-order valence-corrected chi connectivity index (χ3v) is 10.7. The Bertz CT molecular complexity index is 795. The first-order chi connectivity index (χ1) is 12.7. The molecule has 3 nitrogen and oxygen atoms in total. The molecular formula is C24H38O3Si. The summed E-state index contributed by atoms with van der Waals surface area (Å²) in [6.07, 6.45) is 4.39. The summed E-state index contributed by atoms with van der Waals surface area (Å²) in [6.45, 7) is 21.5. The van der Waals surface area contributed by atoms with E-state index in [9.17, 15) is 4.79 Å². The van der Waals surface area contributed by atoms with Crippen molar-refractivity contribution >= 4 is 14.1 Å². The van der Waals surface area contributed by atoms with Gasteiger partial charge in [-0.1, -0.05) is 32.4 Å². The molecule has 0 aliphatic carbocycles. The fourth-order valence-corrected chi connectivity index (χ4v) is 4.33.